The molecule has 0 heterocycles. The summed E-state index contributed by atoms with van der Waals surface area (Å²) in [6.07, 6.45) is -2.80. The van der Waals surface area contributed by atoms with Crippen molar-refractivity contribution in [3.63, 3.8) is 0 Å². The van der Waals surface area contributed by atoms with Crippen molar-refractivity contribution in [3.8, 4) is 0 Å². The van der Waals surface area contributed by atoms with Crippen LogP contribution in [0.15, 0.2) is 18.2 Å². The summed E-state index contributed by atoms with van der Waals surface area (Å²) in [7, 11) is 0. The summed E-state index contributed by atoms with van der Waals surface area (Å²) in [6, 6.07) is 3.25. The normalized spacial score (nSPS) is 10.7. The third-order valence-electron chi connectivity index (χ3n) is 2.28. The average Bonchev–Trinajstić information content (AvgIpc) is 2.38. The lowest BCUT2D eigenvalue weighted by Crippen LogP contribution is -2.12. The first-order valence-corrected chi connectivity index (χ1v) is 5.55. The number of ether oxygens (including phenoxy) is 1. The fourth-order valence-corrected chi connectivity index (χ4v) is 1.43. The first kappa shape index (κ1) is 15.3. The summed E-state index contributed by atoms with van der Waals surface area (Å²) in [6.45, 7) is 0.557. The molecular formula is C11H14F2N2O4. The van der Waals surface area contributed by atoms with Gasteiger partial charge in [0.2, 0.25) is 0 Å². The number of anilines is 1. The van der Waals surface area contributed by atoms with E-state index in [-0.39, 0.29) is 37.7 Å². The van der Waals surface area contributed by atoms with Gasteiger partial charge in [0.1, 0.15) is 0 Å². The number of aliphatic hydroxyl groups excluding tert-OH is 1. The molecule has 1 aromatic rings. The third-order valence-corrected chi connectivity index (χ3v) is 2.28. The molecule has 0 aromatic heterocycles. The van der Waals surface area contributed by atoms with Crippen molar-refractivity contribution in [2.75, 3.05) is 31.7 Å². The quantitative estimate of drug-likeness (QED) is 0.430. The number of nitrogens with one attached hydrogen (secondary N) is 1. The lowest BCUT2D eigenvalue weighted by Gasteiger charge is -2.11. The largest absolute Gasteiger partial charge is 0.394 e. The number of non-ortho nitro benzene ring substituents is 1. The van der Waals surface area contributed by atoms with Gasteiger partial charge in [0.25, 0.3) is 12.1 Å². The highest BCUT2D eigenvalue weighted by atomic mass is 19.3. The Morgan fingerprint density at radius 2 is 2.16 bits per heavy atom. The number of hydrogen-bond donors (Lipinski definition) is 2. The van der Waals surface area contributed by atoms with Gasteiger partial charge in [0.05, 0.1) is 24.7 Å². The van der Waals surface area contributed by atoms with Crippen LogP contribution in [0.3, 0.4) is 0 Å². The van der Waals surface area contributed by atoms with E-state index < -0.39 is 16.9 Å². The van der Waals surface area contributed by atoms with Crippen LogP contribution in [-0.2, 0) is 4.74 Å². The van der Waals surface area contributed by atoms with E-state index in [0.717, 1.165) is 12.1 Å². The number of nitro groups is 1. The van der Waals surface area contributed by atoms with Crippen LogP contribution in [0.2, 0.25) is 0 Å². The first-order valence-electron chi connectivity index (χ1n) is 5.55. The maximum atomic E-state index is 12.8. The molecular weight excluding hydrogens is 262 g/mol. The smallest absolute Gasteiger partial charge is 0.270 e. The maximum Gasteiger partial charge on any atom is 0.270 e. The summed E-state index contributed by atoms with van der Waals surface area (Å²) < 4.78 is 30.5. The molecule has 0 spiro atoms. The van der Waals surface area contributed by atoms with Crippen LogP contribution in [0.1, 0.15) is 12.0 Å². The zero-order chi connectivity index (χ0) is 14.3. The standard InChI is InChI=1S/C11H14F2N2O4/c12-11(13)9-7-8(15(17)18)1-2-10(9)14-3-5-19-6-4-16/h1-2,7,11,14,16H,3-6H2. The van der Waals surface area contributed by atoms with Crippen molar-refractivity contribution in [3.05, 3.63) is 33.9 Å². The molecule has 0 radical (unpaired) electrons. The molecule has 19 heavy (non-hydrogen) atoms. The van der Waals surface area contributed by atoms with E-state index in [1.54, 1.807) is 0 Å². The SMILES string of the molecule is O=[N+]([O-])c1ccc(NCCOCCO)c(C(F)F)c1. The van der Waals surface area contributed by atoms with Gasteiger partial charge in [-0.1, -0.05) is 0 Å². The predicted molar refractivity (Wildman–Crippen MR) is 64.4 cm³/mol. The second-order valence-corrected chi connectivity index (χ2v) is 3.59. The van der Waals surface area contributed by atoms with Gasteiger partial charge in [-0.15, -0.1) is 0 Å². The van der Waals surface area contributed by atoms with Crippen molar-refractivity contribution in [1.82, 2.24) is 0 Å². The van der Waals surface area contributed by atoms with Crippen LogP contribution < -0.4 is 5.32 Å². The van der Waals surface area contributed by atoms with Gasteiger partial charge in [0, 0.05) is 29.9 Å². The van der Waals surface area contributed by atoms with Crippen LogP contribution in [0.5, 0.6) is 0 Å². The topological polar surface area (TPSA) is 84.6 Å². The minimum atomic E-state index is -2.80. The summed E-state index contributed by atoms with van der Waals surface area (Å²) in [5.74, 6) is 0. The minimum Gasteiger partial charge on any atom is -0.394 e. The van der Waals surface area contributed by atoms with Crippen LogP contribution in [0.4, 0.5) is 20.2 Å². The van der Waals surface area contributed by atoms with E-state index in [4.69, 9.17) is 9.84 Å². The van der Waals surface area contributed by atoms with E-state index in [0.29, 0.717) is 0 Å². The zero-order valence-corrected chi connectivity index (χ0v) is 10.0. The Hall–Kier alpha value is -1.80. The zero-order valence-electron chi connectivity index (χ0n) is 10.0. The minimum absolute atomic E-state index is 0.111. The number of halogens is 2. The maximum absolute atomic E-state index is 12.8. The molecule has 1 rings (SSSR count). The Morgan fingerprint density at radius 1 is 1.42 bits per heavy atom. The Kier molecular flexibility index (Phi) is 6.10. The molecule has 0 aliphatic rings. The Bertz CT molecular complexity index is 429. The number of hydrogen-bond acceptors (Lipinski definition) is 5. The lowest BCUT2D eigenvalue weighted by atomic mass is 10.1. The van der Waals surface area contributed by atoms with Crippen LogP contribution in [0, 0.1) is 10.1 Å². The highest BCUT2D eigenvalue weighted by Crippen LogP contribution is 2.30. The van der Waals surface area contributed by atoms with Gasteiger partial charge < -0.3 is 15.2 Å². The van der Waals surface area contributed by atoms with Gasteiger partial charge in [-0.05, 0) is 6.07 Å². The first-order chi connectivity index (χ1) is 9.06. The van der Waals surface area contributed by atoms with E-state index in [9.17, 15) is 18.9 Å². The molecule has 0 saturated heterocycles. The molecule has 0 fully saturated rings. The summed E-state index contributed by atoms with van der Waals surface area (Å²) in [5.41, 5.74) is -0.665. The van der Waals surface area contributed by atoms with Crippen LogP contribution in [0.25, 0.3) is 0 Å². The number of alkyl halides is 2. The highest BCUT2D eigenvalue weighted by molar-refractivity contribution is 5.56. The number of rotatable bonds is 8. The van der Waals surface area contributed by atoms with Gasteiger partial charge in [-0.2, -0.15) is 0 Å². The van der Waals surface area contributed by atoms with E-state index >= 15 is 0 Å². The fourth-order valence-electron chi connectivity index (χ4n) is 1.43. The Balaban J connectivity index is 2.69. The third kappa shape index (κ3) is 4.76. The molecule has 2 N–H and O–H groups in total. The Labute approximate surface area is 108 Å². The van der Waals surface area contributed by atoms with E-state index in [2.05, 4.69) is 5.32 Å². The molecule has 1 aromatic carbocycles. The van der Waals surface area contributed by atoms with Crippen molar-refractivity contribution in [1.29, 1.82) is 0 Å². The molecule has 0 aliphatic heterocycles. The predicted octanol–water partition coefficient (Wildman–Crippen LogP) is 1.95. The number of nitrogens with zero attached hydrogens (tertiary/aromatic N) is 1. The average molecular weight is 276 g/mol. The second kappa shape index (κ2) is 7.59. The highest BCUT2D eigenvalue weighted by Gasteiger charge is 2.17. The summed E-state index contributed by atoms with van der Waals surface area (Å²) in [4.78, 5) is 9.79. The van der Waals surface area contributed by atoms with Gasteiger partial charge >= 0.3 is 0 Å². The van der Waals surface area contributed by atoms with Gasteiger partial charge in [-0.25, -0.2) is 8.78 Å². The molecule has 0 atom stereocenters. The van der Waals surface area contributed by atoms with Crippen molar-refractivity contribution < 1.29 is 23.5 Å². The van der Waals surface area contributed by atoms with Gasteiger partial charge in [0.15, 0.2) is 0 Å². The van der Waals surface area contributed by atoms with E-state index in [1.165, 1.54) is 6.07 Å². The molecule has 0 saturated carbocycles. The molecule has 0 unspecified atom stereocenters. The van der Waals surface area contributed by atoms with Crippen molar-refractivity contribution >= 4 is 11.4 Å². The lowest BCUT2D eigenvalue weighted by molar-refractivity contribution is -0.385. The molecule has 106 valence electrons. The fraction of sp³-hybridized carbons (Fsp3) is 0.455. The number of nitro benzene ring substituents is 1. The number of aliphatic hydroxyl groups is 1. The molecule has 0 amide bonds. The summed E-state index contributed by atoms with van der Waals surface area (Å²) in [5, 5.41) is 21.7. The Morgan fingerprint density at radius 3 is 2.74 bits per heavy atom. The molecule has 0 aliphatic carbocycles. The molecule has 8 heteroatoms. The van der Waals surface area contributed by atoms with E-state index in [1.807, 2.05) is 0 Å². The monoisotopic (exact) mass is 276 g/mol. The van der Waals surface area contributed by atoms with Crippen LogP contribution >= 0.6 is 0 Å². The number of benzene rings is 1. The summed E-state index contributed by atoms with van der Waals surface area (Å²) >= 11 is 0. The van der Waals surface area contributed by atoms with Gasteiger partial charge in [-0.3, -0.25) is 10.1 Å². The molecule has 6 nitrogen and oxygen atoms in total. The second-order valence-electron chi connectivity index (χ2n) is 3.59. The van der Waals surface area contributed by atoms with Crippen molar-refractivity contribution in [2.45, 2.75) is 6.43 Å². The van der Waals surface area contributed by atoms with Crippen molar-refractivity contribution in [2.24, 2.45) is 0 Å². The van der Waals surface area contributed by atoms with Crippen LogP contribution in [-0.4, -0.2) is 36.4 Å². The molecule has 0 bridgehead atoms.